The highest BCUT2D eigenvalue weighted by Crippen LogP contribution is 2.26. The maximum absolute atomic E-state index is 4.49. The highest BCUT2D eigenvalue weighted by molar-refractivity contribution is 5.92. The molecule has 3 heteroatoms. The molecule has 0 radical (unpaired) electrons. The predicted octanol–water partition coefficient (Wildman–Crippen LogP) is 6.46. The van der Waals surface area contributed by atoms with Crippen LogP contribution in [0.2, 0.25) is 0 Å². The van der Waals surface area contributed by atoms with Crippen LogP contribution in [0.1, 0.15) is 11.3 Å². The molecule has 0 aliphatic carbocycles. The molecule has 0 saturated heterocycles. The molecule has 1 N–H and O–H groups in total. The number of rotatable bonds is 4. The highest BCUT2D eigenvalue weighted by atomic mass is 15.1. The minimum atomic E-state index is 0.938. The van der Waals surface area contributed by atoms with Gasteiger partial charge in [-0.15, -0.1) is 0 Å². The van der Waals surface area contributed by atoms with Crippen LogP contribution in [-0.4, -0.2) is 15.2 Å². The van der Waals surface area contributed by atoms with Crippen molar-refractivity contribution in [2.45, 2.75) is 0 Å². The maximum atomic E-state index is 4.49. The third-order valence-electron chi connectivity index (χ3n) is 5.06. The molecule has 0 unspecified atom stereocenters. The quantitative estimate of drug-likeness (QED) is 0.393. The van der Waals surface area contributed by atoms with E-state index in [0.717, 1.165) is 33.3 Å². The molecule has 0 aliphatic heterocycles. The third kappa shape index (κ3) is 3.58. The molecule has 0 atom stereocenters. The number of H-pyrrole nitrogens is 1. The lowest BCUT2D eigenvalue weighted by molar-refractivity contribution is 1.11. The van der Waals surface area contributed by atoms with Crippen molar-refractivity contribution in [3.63, 3.8) is 0 Å². The smallest absolute Gasteiger partial charge is 0.0927 e. The van der Waals surface area contributed by atoms with Gasteiger partial charge in [-0.1, -0.05) is 66.7 Å². The van der Waals surface area contributed by atoms with Gasteiger partial charge in [-0.3, -0.25) is 10.1 Å². The first-order valence-corrected chi connectivity index (χ1v) is 9.59. The van der Waals surface area contributed by atoms with Crippen molar-refractivity contribution in [2.24, 2.45) is 0 Å². The zero-order chi connectivity index (χ0) is 19.5. The lowest BCUT2D eigenvalue weighted by Crippen LogP contribution is -1.79. The molecular formula is C26H19N3. The van der Waals surface area contributed by atoms with E-state index >= 15 is 0 Å². The van der Waals surface area contributed by atoms with Crippen LogP contribution in [0.5, 0.6) is 0 Å². The molecule has 0 fully saturated rings. The van der Waals surface area contributed by atoms with E-state index in [-0.39, 0.29) is 0 Å². The van der Waals surface area contributed by atoms with Crippen LogP contribution in [0.25, 0.3) is 45.3 Å². The summed E-state index contributed by atoms with van der Waals surface area (Å²) >= 11 is 0. The van der Waals surface area contributed by atoms with Crippen LogP contribution >= 0.6 is 0 Å². The van der Waals surface area contributed by atoms with Crippen LogP contribution in [0.15, 0.2) is 97.3 Å². The lowest BCUT2D eigenvalue weighted by Gasteiger charge is -2.02. The molecule has 2 heterocycles. The Hall–Kier alpha value is -3.98. The van der Waals surface area contributed by atoms with Gasteiger partial charge in [-0.25, -0.2) is 0 Å². The number of fused-ring (bicyclic) bond motifs is 1. The molecule has 5 rings (SSSR count). The van der Waals surface area contributed by atoms with Gasteiger partial charge < -0.3 is 0 Å². The summed E-state index contributed by atoms with van der Waals surface area (Å²) in [6, 6.07) is 29.4. The lowest BCUT2D eigenvalue weighted by atomic mass is 10.0. The number of aromatic nitrogens is 3. The molecule has 3 aromatic carbocycles. The Morgan fingerprint density at radius 2 is 1.31 bits per heavy atom. The van der Waals surface area contributed by atoms with Crippen molar-refractivity contribution in [2.75, 3.05) is 0 Å². The SMILES string of the molecule is C(=C\c1n[nH]c2cc(-c3ccncc3)ccc12)/c1ccc(-c2ccccc2)cc1. The topological polar surface area (TPSA) is 41.6 Å². The zero-order valence-electron chi connectivity index (χ0n) is 15.8. The molecular weight excluding hydrogens is 354 g/mol. The fourth-order valence-electron chi connectivity index (χ4n) is 3.48. The van der Waals surface area contributed by atoms with Crippen molar-refractivity contribution in [1.29, 1.82) is 0 Å². The van der Waals surface area contributed by atoms with Crippen LogP contribution in [0.3, 0.4) is 0 Å². The van der Waals surface area contributed by atoms with E-state index in [0.29, 0.717) is 0 Å². The molecule has 0 aliphatic rings. The van der Waals surface area contributed by atoms with Gasteiger partial charge in [-0.05, 0) is 58.2 Å². The number of nitrogens with zero attached hydrogens (tertiary/aromatic N) is 2. The molecule has 138 valence electrons. The van der Waals surface area contributed by atoms with E-state index in [1.54, 1.807) is 0 Å². The van der Waals surface area contributed by atoms with Crippen molar-refractivity contribution in [3.05, 3.63) is 109 Å². The second-order valence-electron chi connectivity index (χ2n) is 6.93. The second-order valence-corrected chi connectivity index (χ2v) is 6.93. The fourth-order valence-corrected chi connectivity index (χ4v) is 3.48. The summed E-state index contributed by atoms with van der Waals surface area (Å²) < 4.78 is 0. The Morgan fingerprint density at radius 3 is 2.10 bits per heavy atom. The van der Waals surface area contributed by atoms with Crippen molar-refractivity contribution in [1.82, 2.24) is 15.2 Å². The Morgan fingerprint density at radius 1 is 0.621 bits per heavy atom. The minimum Gasteiger partial charge on any atom is -0.277 e. The molecule has 0 amide bonds. The molecule has 3 nitrogen and oxygen atoms in total. The van der Waals surface area contributed by atoms with E-state index in [1.807, 2.05) is 30.6 Å². The predicted molar refractivity (Wildman–Crippen MR) is 120 cm³/mol. The van der Waals surface area contributed by atoms with Crippen molar-refractivity contribution >= 4 is 23.1 Å². The molecule has 0 spiro atoms. The number of aromatic amines is 1. The number of pyridine rings is 1. The van der Waals surface area contributed by atoms with Crippen molar-refractivity contribution in [3.8, 4) is 22.3 Å². The first-order chi connectivity index (χ1) is 14.4. The normalized spacial score (nSPS) is 11.3. The number of benzene rings is 3. The first-order valence-electron chi connectivity index (χ1n) is 9.59. The monoisotopic (exact) mass is 373 g/mol. The Labute approximate surface area is 169 Å². The molecule has 5 aromatic rings. The number of nitrogens with one attached hydrogen (secondary N) is 1. The average molecular weight is 373 g/mol. The summed E-state index contributed by atoms with van der Waals surface area (Å²) in [4.78, 5) is 4.08. The minimum absolute atomic E-state index is 0.938. The van der Waals surface area contributed by atoms with Gasteiger partial charge in [0.25, 0.3) is 0 Å². The zero-order valence-corrected chi connectivity index (χ0v) is 15.8. The highest BCUT2D eigenvalue weighted by Gasteiger charge is 2.05. The Bertz CT molecular complexity index is 1270. The van der Waals surface area contributed by atoms with Crippen LogP contribution in [0.4, 0.5) is 0 Å². The summed E-state index contributed by atoms with van der Waals surface area (Å²) in [6.07, 6.45) is 7.77. The maximum Gasteiger partial charge on any atom is 0.0927 e. The molecule has 0 bridgehead atoms. The van der Waals surface area contributed by atoms with Gasteiger partial charge in [0.2, 0.25) is 0 Å². The summed E-state index contributed by atoms with van der Waals surface area (Å²) in [7, 11) is 0. The third-order valence-corrected chi connectivity index (χ3v) is 5.06. The first kappa shape index (κ1) is 17.1. The molecule has 29 heavy (non-hydrogen) atoms. The molecule has 2 aromatic heterocycles. The largest absolute Gasteiger partial charge is 0.277 e. The van der Waals surface area contributed by atoms with Gasteiger partial charge in [-0.2, -0.15) is 5.10 Å². The van der Waals surface area contributed by atoms with Gasteiger partial charge in [0.1, 0.15) is 0 Å². The van der Waals surface area contributed by atoms with Gasteiger partial charge in [0, 0.05) is 17.8 Å². The van der Waals surface area contributed by atoms with Gasteiger partial charge in [0.05, 0.1) is 11.2 Å². The van der Waals surface area contributed by atoms with Crippen LogP contribution in [-0.2, 0) is 0 Å². The summed E-state index contributed by atoms with van der Waals surface area (Å²) in [5.74, 6) is 0. The van der Waals surface area contributed by atoms with Gasteiger partial charge in [0.15, 0.2) is 0 Å². The summed E-state index contributed by atoms with van der Waals surface area (Å²) in [5, 5.41) is 8.75. The van der Waals surface area contributed by atoms with Crippen molar-refractivity contribution < 1.29 is 0 Å². The van der Waals surface area contributed by atoms with E-state index in [1.165, 1.54) is 11.1 Å². The average Bonchev–Trinajstić information content (AvgIpc) is 3.21. The Balaban J connectivity index is 1.39. The van der Waals surface area contributed by atoms with E-state index in [4.69, 9.17) is 0 Å². The molecule has 0 saturated carbocycles. The Kier molecular flexibility index (Phi) is 4.47. The summed E-state index contributed by atoms with van der Waals surface area (Å²) in [5.41, 5.74) is 7.85. The van der Waals surface area contributed by atoms with Crippen LogP contribution in [0, 0.1) is 0 Å². The second kappa shape index (κ2) is 7.56. The summed E-state index contributed by atoms with van der Waals surface area (Å²) in [6.45, 7) is 0. The number of hydrogen-bond acceptors (Lipinski definition) is 2. The number of hydrogen-bond donors (Lipinski definition) is 1. The fraction of sp³-hybridized carbons (Fsp3) is 0. The van der Waals surface area contributed by atoms with Gasteiger partial charge >= 0.3 is 0 Å². The standard InChI is InChI=1S/C26H19N3/c1-2-4-20(5-3-1)21-9-6-19(7-10-21)8-13-25-24-12-11-23(18-26(24)29-28-25)22-14-16-27-17-15-22/h1-18H,(H,28,29)/b13-8+. The van der Waals surface area contributed by atoms with E-state index < -0.39 is 0 Å². The van der Waals surface area contributed by atoms with Crippen LogP contribution < -0.4 is 0 Å². The van der Waals surface area contributed by atoms with E-state index in [2.05, 4.69) is 94.1 Å². The van der Waals surface area contributed by atoms with E-state index in [9.17, 15) is 0 Å².